The lowest BCUT2D eigenvalue weighted by Crippen LogP contribution is -3.14. The third-order valence-corrected chi connectivity index (χ3v) is 7.66. The molecule has 0 unspecified atom stereocenters. The van der Waals surface area contributed by atoms with Gasteiger partial charge < -0.3 is 15.0 Å². The van der Waals surface area contributed by atoms with Crippen molar-refractivity contribution in [2.75, 3.05) is 44.7 Å². The number of thiophene rings is 1. The lowest BCUT2D eigenvalue weighted by molar-refractivity contribution is -0.906. The second-order valence-corrected chi connectivity index (χ2v) is 9.68. The highest BCUT2D eigenvalue weighted by atomic mass is 32.1. The van der Waals surface area contributed by atoms with Crippen molar-refractivity contribution in [3.8, 4) is 0 Å². The van der Waals surface area contributed by atoms with E-state index in [1.807, 2.05) is 22.8 Å². The van der Waals surface area contributed by atoms with E-state index in [1.165, 1.54) is 29.7 Å². The summed E-state index contributed by atoms with van der Waals surface area (Å²) in [6.07, 6.45) is 5.71. The number of morpholine rings is 1. The van der Waals surface area contributed by atoms with Crippen LogP contribution in [0.1, 0.15) is 35.3 Å². The van der Waals surface area contributed by atoms with Crippen molar-refractivity contribution < 1.29 is 9.64 Å². The first kappa shape index (κ1) is 20.7. The van der Waals surface area contributed by atoms with Gasteiger partial charge in [0.15, 0.2) is 0 Å². The zero-order valence-corrected chi connectivity index (χ0v) is 18.8. The van der Waals surface area contributed by atoms with Gasteiger partial charge in [-0.15, -0.1) is 11.3 Å². The molecule has 5 rings (SSSR count). The Hall–Kier alpha value is -2.22. The largest absolute Gasteiger partial charge is 0.370 e. The molecule has 0 amide bonds. The third-order valence-electron chi connectivity index (χ3n) is 6.47. The summed E-state index contributed by atoms with van der Waals surface area (Å²) in [5.41, 5.74) is 2.49. The Kier molecular flexibility index (Phi) is 6.34. The fourth-order valence-electron chi connectivity index (χ4n) is 4.72. The second-order valence-electron chi connectivity index (χ2n) is 8.60. The molecule has 7 heteroatoms. The summed E-state index contributed by atoms with van der Waals surface area (Å²) in [5, 5.41) is 4.37. The second kappa shape index (κ2) is 9.51. The molecule has 1 aliphatic heterocycles. The van der Waals surface area contributed by atoms with E-state index in [9.17, 15) is 4.79 Å². The number of rotatable bonds is 6. The molecular weight excluding hydrogens is 408 g/mol. The van der Waals surface area contributed by atoms with E-state index >= 15 is 0 Å². The maximum atomic E-state index is 13.7. The smallest absolute Gasteiger partial charge is 0.264 e. The normalized spacial score (nSPS) is 17.4. The molecule has 0 bridgehead atoms. The summed E-state index contributed by atoms with van der Waals surface area (Å²) in [4.78, 5) is 22.5. The van der Waals surface area contributed by atoms with Crippen molar-refractivity contribution in [1.29, 1.82) is 0 Å². The van der Waals surface area contributed by atoms with Crippen LogP contribution in [0.5, 0.6) is 0 Å². The van der Waals surface area contributed by atoms with E-state index in [0.29, 0.717) is 12.5 Å². The van der Waals surface area contributed by atoms with Crippen LogP contribution in [-0.4, -0.2) is 48.9 Å². The van der Waals surface area contributed by atoms with E-state index in [0.717, 1.165) is 68.0 Å². The van der Waals surface area contributed by atoms with Crippen LogP contribution < -0.4 is 15.8 Å². The molecule has 3 heterocycles. The van der Waals surface area contributed by atoms with Crippen LogP contribution in [-0.2, 0) is 24.1 Å². The van der Waals surface area contributed by atoms with Crippen molar-refractivity contribution in [3.05, 3.63) is 56.7 Å². The standard InChI is InChI=1S/C24H30N4O2S/c29-23-21-19-9-5-2-6-10-20(19)31-22(21)26-24(25-11-12-27-13-15-30-16-14-27)28(23)17-18-7-3-1-4-8-18/h1,3-4,7-8H,2,5-6,9-17H2,(H,25,26)/p+1. The molecule has 0 radical (unpaired) electrons. The fraction of sp³-hybridized carbons (Fsp3) is 0.500. The Morgan fingerprint density at radius 1 is 1.10 bits per heavy atom. The van der Waals surface area contributed by atoms with Gasteiger partial charge in [-0.1, -0.05) is 36.8 Å². The van der Waals surface area contributed by atoms with E-state index in [-0.39, 0.29) is 5.56 Å². The van der Waals surface area contributed by atoms with Gasteiger partial charge in [0.25, 0.3) is 5.56 Å². The number of nitrogens with one attached hydrogen (secondary N) is 2. The van der Waals surface area contributed by atoms with Crippen molar-refractivity contribution >= 4 is 27.5 Å². The molecule has 31 heavy (non-hydrogen) atoms. The number of fused-ring (bicyclic) bond motifs is 3. The Labute approximate surface area is 186 Å². The number of quaternary nitrogens is 1. The number of nitrogens with zero attached hydrogens (tertiary/aromatic N) is 2. The van der Waals surface area contributed by atoms with Gasteiger partial charge in [0.1, 0.15) is 17.9 Å². The van der Waals surface area contributed by atoms with Crippen LogP contribution >= 0.6 is 11.3 Å². The quantitative estimate of drug-likeness (QED) is 0.578. The van der Waals surface area contributed by atoms with Gasteiger partial charge in [0.05, 0.1) is 38.2 Å². The number of aryl methyl sites for hydroxylation is 2. The lowest BCUT2D eigenvalue weighted by atomic mass is 10.1. The minimum atomic E-state index is 0.106. The molecule has 164 valence electrons. The predicted octanol–water partition coefficient (Wildman–Crippen LogP) is 2.10. The maximum absolute atomic E-state index is 13.7. The monoisotopic (exact) mass is 439 g/mol. The molecule has 0 atom stereocenters. The van der Waals surface area contributed by atoms with E-state index in [2.05, 4.69) is 17.4 Å². The highest BCUT2D eigenvalue weighted by Gasteiger charge is 2.22. The average Bonchev–Trinajstić information content (AvgIpc) is 2.99. The number of benzene rings is 1. The topological polar surface area (TPSA) is 60.6 Å². The molecule has 3 aromatic rings. The number of ether oxygens (including phenoxy) is 1. The molecule has 1 aliphatic carbocycles. The highest BCUT2D eigenvalue weighted by Crippen LogP contribution is 2.33. The molecule has 0 spiro atoms. The Bertz CT molecular complexity index is 1090. The first-order valence-electron chi connectivity index (χ1n) is 11.5. The molecule has 1 saturated heterocycles. The summed E-state index contributed by atoms with van der Waals surface area (Å²) in [5.74, 6) is 0.699. The summed E-state index contributed by atoms with van der Waals surface area (Å²) < 4.78 is 7.32. The Balaban J connectivity index is 1.49. The number of hydrogen-bond donors (Lipinski definition) is 2. The van der Waals surface area contributed by atoms with Crippen molar-refractivity contribution in [2.45, 2.75) is 38.6 Å². The average molecular weight is 440 g/mol. The van der Waals surface area contributed by atoms with Crippen molar-refractivity contribution in [2.24, 2.45) is 0 Å². The zero-order chi connectivity index (χ0) is 21.0. The Morgan fingerprint density at radius 2 is 1.90 bits per heavy atom. The van der Waals surface area contributed by atoms with Gasteiger partial charge in [-0.3, -0.25) is 9.36 Å². The van der Waals surface area contributed by atoms with E-state index in [4.69, 9.17) is 9.72 Å². The maximum Gasteiger partial charge on any atom is 0.264 e. The molecule has 2 N–H and O–H groups in total. The van der Waals surface area contributed by atoms with Gasteiger partial charge >= 0.3 is 0 Å². The molecule has 2 aromatic heterocycles. The molecule has 0 saturated carbocycles. The van der Waals surface area contributed by atoms with Crippen LogP contribution in [0, 0.1) is 0 Å². The lowest BCUT2D eigenvalue weighted by Gasteiger charge is -2.24. The Morgan fingerprint density at radius 3 is 2.74 bits per heavy atom. The first-order valence-corrected chi connectivity index (χ1v) is 12.4. The number of aromatic nitrogens is 2. The molecule has 6 nitrogen and oxygen atoms in total. The zero-order valence-electron chi connectivity index (χ0n) is 18.0. The van der Waals surface area contributed by atoms with Crippen LogP contribution in [0.15, 0.2) is 35.1 Å². The summed E-state index contributed by atoms with van der Waals surface area (Å²) in [7, 11) is 0. The predicted molar refractivity (Wildman–Crippen MR) is 126 cm³/mol. The van der Waals surface area contributed by atoms with Crippen molar-refractivity contribution in [1.82, 2.24) is 9.55 Å². The van der Waals surface area contributed by atoms with Crippen LogP contribution in [0.25, 0.3) is 10.2 Å². The molecule has 2 aliphatic rings. The minimum absolute atomic E-state index is 0.106. The van der Waals surface area contributed by atoms with Crippen molar-refractivity contribution in [3.63, 3.8) is 0 Å². The minimum Gasteiger partial charge on any atom is -0.370 e. The summed E-state index contributed by atoms with van der Waals surface area (Å²) >= 11 is 1.73. The van der Waals surface area contributed by atoms with E-state index < -0.39 is 0 Å². The van der Waals surface area contributed by atoms with Gasteiger partial charge in [-0.05, 0) is 36.8 Å². The molecular formula is C24H31N4O2S+. The van der Waals surface area contributed by atoms with E-state index in [1.54, 1.807) is 16.2 Å². The highest BCUT2D eigenvalue weighted by molar-refractivity contribution is 7.18. The first-order chi connectivity index (χ1) is 15.3. The number of hydrogen-bond acceptors (Lipinski definition) is 5. The third kappa shape index (κ3) is 4.54. The van der Waals surface area contributed by atoms with Crippen LogP contribution in [0.2, 0.25) is 0 Å². The fourth-order valence-corrected chi connectivity index (χ4v) is 5.98. The summed E-state index contributed by atoms with van der Waals surface area (Å²) in [6.45, 7) is 6.10. The molecule has 1 fully saturated rings. The SMILES string of the molecule is O=c1c2c3c(sc2nc(NCC[NH+]2CCOCC2)n1Cc1ccccc1)CCCCC3. The van der Waals surface area contributed by atoms with Gasteiger partial charge in [-0.25, -0.2) is 4.98 Å². The van der Waals surface area contributed by atoms with Gasteiger partial charge in [-0.2, -0.15) is 0 Å². The molecule has 1 aromatic carbocycles. The summed E-state index contributed by atoms with van der Waals surface area (Å²) in [6, 6.07) is 10.2. The van der Waals surface area contributed by atoms with Crippen LogP contribution in [0.4, 0.5) is 5.95 Å². The number of anilines is 1. The van der Waals surface area contributed by atoms with Crippen LogP contribution in [0.3, 0.4) is 0 Å². The van der Waals surface area contributed by atoms with Gasteiger partial charge in [0, 0.05) is 4.88 Å². The van der Waals surface area contributed by atoms with Gasteiger partial charge in [0.2, 0.25) is 5.95 Å².